The van der Waals surface area contributed by atoms with E-state index in [0.29, 0.717) is 46.9 Å². The van der Waals surface area contributed by atoms with Gasteiger partial charge in [0, 0.05) is 29.6 Å². The summed E-state index contributed by atoms with van der Waals surface area (Å²) in [6, 6.07) is 9.27. The van der Waals surface area contributed by atoms with Crippen LogP contribution in [0.25, 0.3) is 5.65 Å². The lowest BCUT2D eigenvalue weighted by molar-refractivity contribution is -0.146. The largest absolute Gasteiger partial charge is 0.453 e. The van der Waals surface area contributed by atoms with Crippen LogP contribution in [-0.2, 0) is 11.0 Å². The van der Waals surface area contributed by atoms with E-state index >= 15 is 0 Å². The van der Waals surface area contributed by atoms with Crippen molar-refractivity contribution in [1.82, 2.24) is 30.7 Å². The fourth-order valence-electron chi connectivity index (χ4n) is 3.42. The molecule has 0 spiro atoms. The van der Waals surface area contributed by atoms with Crippen molar-refractivity contribution in [2.75, 3.05) is 18.0 Å². The Labute approximate surface area is 184 Å². The number of hydrogen-bond acceptors (Lipinski definition) is 6. The van der Waals surface area contributed by atoms with Crippen molar-refractivity contribution in [3.63, 3.8) is 0 Å². The zero-order chi connectivity index (χ0) is 22.9. The van der Waals surface area contributed by atoms with Crippen molar-refractivity contribution in [2.24, 2.45) is 5.92 Å². The van der Waals surface area contributed by atoms with Crippen LogP contribution < -0.4 is 15.8 Å². The Morgan fingerprint density at radius 1 is 1.06 bits per heavy atom. The van der Waals surface area contributed by atoms with Crippen LogP contribution in [0, 0.1) is 5.92 Å². The van der Waals surface area contributed by atoms with Gasteiger partial charge in [0.1, 0.15) is 5.82 Å². The lowest BCUT2D eigenvalue weighted by Crippen LogP contribution is -2.47. The van der Waals surface area contributed by atoms with Crippen molar-refractivity contribution in [2.45, 2.75) is 19.0 Å². The van der Waals surface area contributed by atoms with Crippen molar-refractivity contribution in [3.8, 4) is 0 Å². The van der Waals surface area contributed by atoms with Crippen molar-refractivity contribution < 1.29 is 22.8 Å². The quantitative estimate of drug-likeness (QED) is 0.573. The van der Waals surface area contributed by atoms with E-state index in [2.05, 4.69) is 26.1 Å². The van der Waals surface area contributed by atoms with Crippen molar-refractivity contribution in [3.05, 3.63) is 52.8 Å². The Hall–Kier alpha value is -3.41. The number of halogens is 4. The Morgan fingerprint density at radius 3 is 2.50 bits per heavy atom. The molecule has 1 aliphatic rings. The molecule has 32 heavy (non-hydrogen) atoms. The topological polar surface area (TPSA) is 105 Å². The van der Waals surface area contributed by atoms with Gasteiger partial charge in [-0.3, -0.25) is 20.4 Å². The maximum Gasteiger partial charge on any atom is 0.453 e. The third kappa shape index (κ3) is 4.59. The van der Waals surface area contributed by atoms with Gasteiger partial charge in [-0.2, -0.15) is 17.7 Å². The SMILES string of the molecule is O=C(NNC(=O)C1CCN(c2ccc3nnc(C(F)(F)F)n3n2)CC1)c1cccc(Cl)c1. The van der Waals surface area contributed by atoms with Gasteiger partial charge in [-0.25, -0.2) is 0 Å². The summed E-state index contributed by atoms with van der Waals surface area (Å²) in [5.41, 5.74) is 5.06. The first-order valence-corrected chi connectivity index (χ1v) is 10.0. The predicted molar refractivity (Wildman–Crippen MR) is 108 cm³/mol. The zero-order valence-corrected chi connectivity index (χ0v) is 17.2. The minimum Gasteiger partial charge on any atom is -0.355 e. The average molecular weight is 468 g/mol. The molecule has 168 valence electrons. The second-order valence-corrected chi connectivity index (χ2v) is 7.63. The van der Waals surface area contributed by atoms with Gasteiger partial charge in [0.25, 0.3) is 11.7 Å². The Morgan fingerprint density at radius 2 is 1.81 bits per heavy atom. The summed E-state index contributed by atoms with van der Waals surface area (Å²) in [5.74, 6) is -2.07. The monoisotopic (exact) mass is 467 g/mol. The summed E-state index contributed by atoms with van der Waals surface area (Å²) in [4.78, 5) is 26.3. The molecule has 0 bridgehead atoms. The molecule has 1 aromatic carbocycles. The molecule has 3 aromatic rings. The Balaban J connectivity index is 1.34. The van der Waals surface area contributed by atoms with Crippen LogP contribution in [0.3, 0.4) is 0 Å². The van der Waals surface area contributed by atoms with Gasteiger partial charge >= 0.3 is 6.18 Å². The lowest BCUT2D eigenvalue weighted by atomic mass is 9.96. The first-order valence-electron chi connectivity index (χ1n) is 9.63. The number of anilines is 1. The molecular weight excluding hydrogens is 451 g/mol. The molecule has 2 aromatic heterocycles. The van der Waals surface area contributed by atoms with E-state index in [9.17, 15) is 22.8 Å². The summed E-state index contributed by atoms with van der Waals surface area (Å²) >= 11 is 5.85. The summed E-state index contributed by atoms with van der Waals surface area (Å²) < 4.78 is 39.9. The molecule has 0 aliphatic carbocycles. The number of carbonyl (C=O) groups excluding carboxylic acids is 2. The molecule has 13 heteroatoms. The highest BCUT2D eigenvalue weighted by molar-refractivity contribution is 6.30. The van der Waals surface area contributed by atoms with Gasteiger partial charge in [-0.15, -0.1) is 15.3 Å². The first-order chi connectivity index (χ1) is 15.2. The molecule has 0 unspecified atom stereocenters. The number of benzene rings is 1. The predicted octanol–water partition coefficient (Wildman–Crippen LogP) is 2.47. The summed E-state index contributed by atoms with van der Waals surface area (Å²) in [5, 5.41) is 11.1. The van der Waals surface area contributed by atoms with E-state index in [1.807, 2.05) is 0 Å². The van der Waals surface area contributed by atoms with Crippen LogP contribution in [0.15, 0.2) is 36.4 Å². The van der Waals surface area contributed by atoms with Gasteiger partial charge in [-0.05, 0) is 43.2 Å². The number of aromatic nitrogens is 4. The third-order valence-electron chi connectivity index (χ3n) is 5.08. The molecule has 2 amide bonds. The molecule has 0 radical (unpaired) electrons. The minimum atomic E-state index is -4.67. The van der Waals surface area contributed by atoms with Crippen LogP contribution in [0.2, 0.25) is 5.02 Å². The summed E-state index contributed by atoms with van der Waals surface area (Å²) in [6.07, 6.45) is -3.80. The highest BCUT2D eigenvalue weighted by Crippen LogP contribution is 2.28. The van der Waals surface area contributed by atoms with Crippen molar-refractivity contribution in [1.29, 1.82) is 0 Å². The number of alkyl halides is 3. The zero-order valence-electron chi connectivity index (χ0n) is 16.4. The normalized spacial score (nSPS) is 15.1. The molecule has 1 aliphatic heterocycles. The number of hydrogen-bond donors (Lipinski definition) is 2. The van der Waals surface area contributed by atoms with Gasteiger partial charge < -0.3 is 4.90 Å². The fraction of sp³-hybridized carbons (Fsp3) is 0.316. The van der Waals surface area contributed by atoms with E-state index < -0.39 is 17.9 Å². The van der Waals surface area contributed by atoms with Crippen LogP contribution in [0.4, 0.5) is 19.0 Å². The molecule has 4 rings (SSSR count). The van der Waals surface area contributed by atoms with E-state index in [0.717, 1.165) is 0 Å². The Kier molecular flexibility index (Phi) is 5.87. The second-order valence-electron chi connectivity index (χ2n) is 7.20. The first kappa shape index (κ1) is 21.8. The summed E-state index contributed by atoms with van der Waals surface area (Å²) in [6.45, 7) is 0.810. The van der Waals surface area contributed by atoms with Crippen LogP contribution in [0.1, 0.15) is 29.0 Å². The number of fused-ring (bicyclic) bond motifs is 1. The van der Waals surface area contributed by atoms with Gasteiger partial charge in [0.15, 0.2) is 5.65 Å². The number of nitrogens with zero attached hydrogens (tertiary/aromatic N) is 5. The lowest BCUT2D eigenvalue weighted by Gasteiger charge is -2.32. The second kappa shape index (κ2) is 8.61. The fourth-order valence-corrected chi connectivity index (χ4v) is 3.61. The van der Waals surface area contributed by atoms with Crippen LogP contribution >= 0.6 is 11.6 Å². The number of rotatable bonds is 3. The third-order valence-corrected chi connectivity index (χ3v) is 5.31. The minimum absolute atomic E-state index is 0.00853. The average Bonchev–Trinajstić information content (AvgIpc) is 3.21. The molecule has 0 atom stereocenters. The van der Waals surface area contributed by atoms with E-state index in [4.69, 9.17) is 11.6 Å². The molecule has 1 fully saturated rings. The molecule has 2 N–H and O–H groups in total. The van der Waals surface area contributed by atoms with Gasteiger partial charge in [-0.1, -0.05) is 17.7 Å². The molecule has 3 heterocycles. The Bertz CT molecular complexity index is 1160. The molecule has 9 nitrogen and oxygen atoms in total. The number of hydrazine groups is 1. The van der Waals surface area contributed by atoms with Gasteiger partial charge in [0.2, 0.25) is 5.91 Å². The van der Waals surface area contributed by atoms with Crippen LogP contribution in [-0.4, -0.2) is 44.7 Å². The van der Waals surface area contributed by atoms with Gasteiger partial charge in [0.05, 0.1) is 0 Å². The van der Waals surface area contributed by atoms with Crippen LogP contribution in [0.5, 0.6) is 0 Å². The van der Waals surface area contributed by atoms with E-state index in [1.165, 1.54) is 12.1 Å². The standard InChI is InChI=1S/C19H17ClF3N7O2/c20-13-3-1-2-12(10-13)17(32)26-25-16(31)11-6-8-29(9-7-11)15-5-4-14-24-27-18(19(21,22)23)30(14)28-15/h1-5,10-11H,6-9H2,(H,25,31)(H,26,32). The maximum absolute atomic E-state index is 13.1. The molecule has 1 saturated heterocycles. The maximum atomic E-state index is 13.1. The highest BCUT2D eigenvalue weighted by atomic mass is 35.5. The number of carbonyl (C=O) groups is 2. The van der Waals surface area contributed by atoms with E-state index in [-0.39, 0.29) is 17.5 Å². The van der Waals surface area contributed by atoms with Crippen molar-refractivity contribution >= 4 is 34.9 Å². The highest BCUT2D eigenvalue weighted by Gasteiger charge is 2.38. The molecular formula is C19H17ClF3N7O2. The smallest absolute Gasteiger partial charge is 0.355 e. The number of nitrogens with one attached hydrogen (secondary N) is 2. The summed E-state index contributed by atoms with van der Waals surface area (Å²) in [7, 11) is 0. The van der Waals surface area contributed by atoms with E-state index in [1.54, 1.807) is 29.2 Å². The molecule has 0 saturated carbocycles. The number of piperidine rings is 1. The number of amides is 2.